The van der Waals surface area contributed by atoms with Crippen LogP contribution in [0.3, 0.4) is 0 Å². The van der Waals surface area contributed by atoms with E-state index >= 15 is 0 Å². The number of ether oxygens (including phenoxy) is 3. The Morgan fingerprint density at radius 1 is 0.900 bits per heavy atom. The molecule has 8 N–H and O–H groups in total. The third-order valence-corrected chi connectivity index (χ3v) is 1.15. The van der Waals surface area contributed by atoms with Crippen LogP contribution >= 0.6 is 0 Å². The standard InChI is InChI=1S/2C3H7NO2.C3H6O3.CH4.H3N.H2/c3*1-6-3(5)2-4;;;/h2*2,4H2,1H3;4H,2H2,1H3;1H4;1H3;1H/i;;;;;1+2. The van der Waals surface area contributed by atoms with E-state index in [1.54, 1.807) is 0 Å². The summed E-state index contributed by atoms with van der Waals surface area (Å²) in [7, 11) is 3.82. The zero-order valence-corrected chi connectivity index (χ0v) is 11.4. The van der Waals surface area contributed by atoms with Gasteiger partial charge in [0, 0.05) is 1.43 Å². The van der Waals surface area contributed by atoms with Crippen molar-refractivity contribution < 1.29 is 35.1 Å². The maximum Gasteiger partial charge on any atom is 0.331 e. The molecule has 10 heteroatoms. The van der Waals surface area contributed by atoms with E-state index < -0.39 is 12.6 Å². The first-order valence-corrected chi connectivity index (χ1v) is 4.64. The monoisotopic (exact) mass is 305 g/mol. The maximum absolute atomic E-state index is 9.83. The number of carbonyl (C=O) groups is 3. The van der Waals surface area contributed by atoms with Crippen molar-refractivity contribution in [2.45, 2.75) is 7.43 Å². The van der Waals surface area contributed by atoms with Gasteiger partial charge in [0.15, 0.2) is 0 Å². The van der Waals surface area contributed by atoms with E-state index in [9.17, 15) is 14.4 Å². The van der Waals surface area contributed by atoms with Gasteiger partial charge in [0.2, 0.25) is 0 Å². The number of rotatable bonds is 3. The summed E-state index contributed by atoms with van der Waals surface area (Å²) in [5, 5.41) is 7.86. The first kappa shape index (κ1) is 30.9. The molecule has 0 aliphatic rings. The molecule has 0 bridgehead atoms. The fraction of sp³-hybridized carbons (Fsp3) is 0.700. The SMILES string of the molecule is C.COC(=O)CN.COC(=O)CN.COC(=O)CO.N.[3HH]. The molecule has 0 aromatic rings. The van der Waals surface area contributed by atoms with Gasteiger partial charge in [0.25, 0.3) is 0 Å². The summed E-state index contributed by atoms with van der Waals surface area (Å²) in [6, 6.07) is 0. The van der Waals surface area contributed by atoms with Crippen LogP contribution in [0.2, 0.25) is 0 Å². The van der Waals surface area contributed by atoms with Gasteiger partial charge in [0.05, 0.1) is 34.4 Å². The average Bonchev–Trinajstić information content (AvgIpc) is 2.45. The predicted molar refractivity (Wildman–Crippen MR) is 75.1 cm³/mol. The Balaban J connectivity index is -0.0000000375. The number of aliphatic hydroxyl groups excluding tert-OH is 1. The number of aliphatic hydroxyl groups is 1. The summed E-state index contributed by atoms with van der Waals surface area (Å²) < 4.78 is 12.3. The van der Waals surface area contributed by atoms with Crippen LogP contribution in [0.4, 0.5) is 0 Å². The summed E-state index contributed by atoms with van der Waals surface area (Å²) in [5.41, 5.74) is 9.62. The zero-order chi connectivity index (χ0) is 15.0. The Bertz CT molecular complexity index is 187. The average molecular weight is 305 g/mol. The highest BCUT2D eigenvalue weighted by atomic mass is 16.5. The first-order valence-electron chi connectivity index (χ1n) is 4.64. The molecule has 126 valence electrons. The summed E-state index contributed by atoms with van der Waals surface area (Å²) in [4.78, 5) is 29.4. The molecule has 0 aliphatic heterocycles. The minimum Gasteiger partial charge on any atom is -0.468 e. The first-order chi connectivity index (χ1) is 8.42. The molecule has 0 spiro atoms. The summed E-state index contributed by atoms with van der Waals surface area (Å²) in [6.45, 7) is -0.594. The van der Waals surface area contributed by atoms with Crippen LogP contribution in [-0.2, 0) is 28.6 Å². The summed E-state index contributed by atoms with van der Waals surface area (Å²) in [6.07, 6.45) is 0. The van der Waals surface area contributed by atoms with Crippen LogP contribution in [0.15, 0.2) is 0 Å². The molecule has 20 heavy (non-hydrogen) atoms. The van der Waals surface area contributed by atoms with E-state index in [1.165, 1.54) is 21.3 Å². The van der Waals surface area contributed by atoms with E-state index in [4.69, 9.17) is 16.6 Å². The topological polar surface area (TPSA) is 186 Å². The molecule has 0 rings (SSSR count). The lowest BCUT2D eigenvalue weighted by atomic mass is 10.7. The van der Waals surface area contributed by atoms with Crippen molar-refractivity contribution in [1.29, 1.82) is 0 Å². The highest BCUT2D eigenvalue weighted by Crippen LogP contribution is 1.64. The number of nitrogens with two attached hydrogens (primary N) is 2. The van der Waals surface area contributed by atoms with Gasteiger partial charge in [-0.15, -0.1) is 0 Å². The third-order valence-electron chi connectivity index (χ3n) is 1.15. The molecular weight excluding hydrogens is 274 g/mol. The van der Waals surface area contributed by atoms with Gasteiger partial charge in [-0.05, 0) is 0 Å². The van der Waals surface area contributed by atoms with Gasteiger partial charge in [-0.2, -0.15) is 0 Å². The van der Waals surface area contributed by atoms with Crippen molar-refractivity contribution in [3.63, 3.8) is 0 Å². The van der Waals surface area contributed by atoms with Gasteiger partial charge in [-0.1, -0.05) is 7.43 Å². The van der Waals surface area contributed by atoms with Crippen LogP contribution < -0.4 is 17.6 Å². The fourth-order valence-electron chi connectivity index (χ4n) is 0.231. The van der Waals surface area contributed by atoms with Crippen LogP contribution in [-0.4, -0.2) is 64.0 Å². The molecule has 0 fully saturated rings. The molecule has 0 radical (unpaired) electrons. The minimum atomic E-state index is -0.602. The number of carbonyl (C=O) groups excluding carboxylic acids is 3. The molecule has 0 aromatic carbocycles. The van der Waals surface area contributed by atoms with Crippen molar-refractivity contribution >= 4 is 17.9 Å². The maximum atomic E-state index is 9.83. The Kier molecular flexibility index (Phi) is 40.1. The van der Waals surface area contributed by atoms with Crippen molar-refractivity contribution in [2.24, 2.45) is 11.5 Å². The van der Waals surface area contributed by atoms with Crippen molar-refractivity contribution in [3.8, 4) is 0 Å². The van der Waals surface area contributed by atoms with Crippen LogP contribution in [0.5, 0.6) is 0 Å². The Morgan fingerprint density at radius 3 is 1.15 bits per heavy atom. The Hall–Kier alpha value is -1.75. The Labute approximate surface area is 120 Å². The second kappa shape index (κ2) is 25.9. The molecule has 0 aromatic heterocycles. The number of hydrogen-bond donors (Lipinski definition) is 4. The van der Waals surface area contributed by atoms with Crippen LogP contribution in [0, 0.1) is 0 Å². The van der Waals surface area contributed by atoms with Crippen LogP contribution in [0.25, 0.3) is 0 Å². The quantitative estimate of drug-likeness (QED) is 0.350. The lowest BCUT2D eigenvalue weighted by molar-refractivity contribution is -0.144. The zero-order valence-electron chi connectivity index (χ0n) is 11.4. The lowest BCUT2D eigenvalue weighted by Crippen LogP contribution is -2.14. The van der Waals surface area contributed by atoms with E-state index in [-0.39, 0.29) is 40.0 Å². The number of hydrogen-bond acceptors (Lipinski definition) is 10. The fourth-order valence-corrected chi connectivity index (χ4v) is 0.231. The van der Waals surface area contributed by atoms with E-state index in [0.29, 0.717) is 0 Å². The highest BCUT2D eigenvalue weighted by molar-refractivity contribution is 5.71. The molecule has 0 atom stereocenters. The van der Waals surface area contributed by atoms with Crippen molar-refractivity contribution in [2.75, 3.05) is 41.0 Å². The molecule has 10 nitrogen and oxygen atoms in total. The molecule has 0 heterocycles. The molecule has 0 saturated heterocycles. The Morgan fingerprint density at radius 2 is 1.15 bits per heavy atom. The summed E-state index contributed by atoms with van der Waals surface area (Å²) >= 11 is 0. The minimum absolute atomic E-state index is 0. The van der Waals surface area contributed by atoms with Gasteiger partial charge in [-0.25, -0.2) is 4.79 Å². The second-order valence-electron chi connectivity index (χ2n) is 2.29. The number of methoxy groups -OCH3 is 3. The van der Waals surface area contributed by atoms with Gasteiger partial charge < -0.3 is 36.9 Å². The molecule has 0 unspecified atom stereocenters. The largest absolute Gasteiger partial charge is 0.468 e. The van der Waals surface area contributed by atoms with Crippen LogP contribution in [0.1, 0.15) is 8.85 Å². The van der Waals surface area contributed by atoms with Gasteiger partial charge in [-0.3, -0.25) is 9.59 Å². The molecular formula is C10H29N3O7. The molecule has 0 aliphatic carbocycles. The number of esters is 3. The smallest absolute Gasteiger partial charge is 0.331 e. The third kappa shape index (κ3) is 36.0. The predicted octanol–water partition coefficient (Wildman–Crippen LogP) is -1.57. The lowest BCUT2D eigenvalue weighted by Gasteiger charge is -1.87. The highest BCUT2D eigenvalue weighted by Gasteiger charge is 1.89. The van der Waals surface area contributed by atoms with Crippen molar-refractivity contribution in [1.82, 2.24) is 6.15 Å². The normalized spacial score (nSPS) is 6.90. The van der Waals surface area contributed by atoms with Crippen molar-refractivity contribution in [3.05, 3.63) is 0 Å². The van der Waals surface area contributed by atoms with E-state index in [1.807, 2.05) is 0 Å². The van der Waals surface area contributed by atoms with Gasteiger partial charge in [0.1, 0.15) is 6.61 Å². The molecule has 0 amide bonds. The molecule has 0 saturated carbocycles. The van der Waals surface area contributed by atoms with E-state index in [0.717, 1.165) is 0 Å². The summed E-state index contributed by atoms with van der Waals surface area (Å²) in [5.74, 6) is -1.36. The second-order valence-corrected chi connectivity index (χ2v) is 2.29. The van der Waals surface area contributed by atoms with Gasteiger partial charge >= 0.3 is 17.9 Å². The van der Waals surface area contributed by atoms with E-state index in [2.05, 4.69) is 14.2 Å².